The fourth-order valence-electron chi connectivity index (χ4n) is 2.43. The summed E-state index contributed by atoms with van der Waals surface area (Å²) < 4.78 is 0. The van der Waals surface area contributed by atoms with Crippen LogP contribution in [0.4, 0.5) is 0 Å². The second-order valence-corrected chi connectivity index (χ2v) is 9.71. The predicted octanol–water partition coefficient (Wildman–Crippen LogP) is 7.13. The Morgan fingerprint density at radius 1 is 1.16 bits per heavy atom. The Labute approximate surface area is 192 Å². The zero-order valence-corrected chi connectivity index (χ0v) is 20.6. The van der Waals surface area contributed by atoms with E-state index in [0.717, 1.165) is 12.0 Å². The molecule has 0 unspecified atom stereocenters. The second-order valence-electron chi connectivity index (χ2n) is 8.73. The van der Waals surface area contributed by atoms with Gasteiger partial charge in [-0.25, -0.2) is 0 Å². The maximum absolute atomic E-state index is 9.85. The Bertz CT molecular complexity index is 825. The topological polar surface area (TPSA) is 48.2 Å². The first-order valence-electron chi connectivity index (χ1n) is 10.6. The van der Waals surface area contributed by atoms with E-state index < -0.39 is 0 Å². The van der Waals surface area contributed by atoms with E-state index in [1.807, 2.05) is 24.5 Å². The molecule has 0 amide bonds. The summed E-state index contributed by atoms with van der Waals surface area (Å²) in [5.74, 6) is 0.532. The third-order valence-corrected chi connectivity index (χ3v) is 5.06. The van der Waals surface area contributed by atoms with E-state index in [2.05, 4.69) is 81.7 Å². The third kappa shape index (κ3) is 11.6. The van der Waals surface area contributed by atoms with Gasteiger partial charge in [0.25, 0.3) is 0 Å². The van der Waals surface area contributed by atoms with Crippen LogP contribution in [0.25, 0.3) is 0 Å². The van der Waals surface area contributed by atoms with Crippen molar-refractivity contribution in [3.63, 3.8) is 0 Å². The van der Waals surface area contributed by atoms with Gasteiger partial charge in [0.2, 0.25) is 0 Å². The largest absolute Gasteiger partial charge is 0.390 e. The molecule has 1 rings (SSSR count). The molecule has 31 heavy (non-hydrogen) atoms. The van der Waals surface area contributed by atoms with Crippen LogP contribution in [0.15, 0.2) is 86.9 Å². The van der Waals surface area contributed by atoms with E-state index in [9.17, 15) is 5.11 Å². The summed E-state index contributed by atoms with van der Waals surface area (Å²) in [5.41, 5.74) is 3.19. The lowest BCUT2D eigenvalue weighted by atomic mass is 9.91. The lowest BCUT2D eigenvalue weighted by Gasteiger charge is -2.16. The van der Waals surface area contributed by atoms with Gasteiger partial charge in [0.1, 0.15) is 0 Å². The highest BCUT2D eigenvalue weighted by atomic mass is 32.2. The van der Waals surface area contributed by atoms with Crippen molar-refractivity contribution in [2.75, 3.05) is 6.61 Å². The van der Waals surface area contributed by atoms with Crippen molar-refractivity contribution in [2.45, 2.75) is 58.8 Å². The van der Waals surface area contributed by atoms with Crippen molar-refractivity contribution in [2.24, 2.45) is 15.6 Å². The van der Waals surface area contributed by atoms with Crippen LogP contribution in [0.1, 0.15) is 59.4 Å². The molecule has 0 heterocycles. The summed E-state index contributed by atoms with van der Waals surface area (Å²) in [6.45, 7) is 16.5. The SMILES string of the molecule is C=C/C=N/N(/N=C/C=C/Sc1ccc(C(C)C)cc1)/C(=C/C(C)=C\CC(C)(C)C)CO. The maximum Gasteiger partial charge on any atom is 0.0887 e. The highest BCUT2D eigenvalue weighted by Gasteiger charge is 2.09. The number of hydrogen-bond acceptors (Lipinski definition) is 5. The molecule has 0 saturated heterocycles. The maximum atomic E-state index is 9.85. The zero-order valence-electron chi connectivity index (χ0n) is 19.7. The average molecular weight is 440 g/mol. The Morgan fingerprint density at radius 2 is 1.81 bits per heavy atom. The molecular weight excluding hydrogens is 402 g/mol. The molecule has 1 aromatic rings. The van der Waals surface area contributed by atoms with Crippen LogP contribution in [0.3, 0.4) is 0 Å². The van der Waals surface area contributed by atoms with Gasteiger partial charge in [-0.3, -0.25) is 0 Å². The van der Waals surface area contributed by atoms with E-state index in [1.54, 1.807) is 30.3 Å². The Balaban J connectivity index is 2.86. The summed E-state index contributed by atoms with van der Waals surface area (Å²) in [5, 5.41) is 21.9. The molecule has 0 spiro atoms. The van der Waals surface area contributed by atoms with Crippen molar-refractivity contribution in [1.82, 2.24) is 5.12 Å². The zero-order chi connectivity index (χ0) is 23.3. The van der Waals surface area contributed by atoms with Crippen molar-refractivity contribution in [3.05, 3.63) is 77.4 Å². The van der Waals surface area contributed by atoms with E-state index in [1.165, 1.54) is 15.6 Å². The van der Waals surface area contributed by atoms with Gasteiger partial charge in [0, 0.05) is 11.1 Å². The van der Waals surface area contributed by atoms with Crippen molar-refractivity contribution in [3.8, 4) is 0 Å². The molecule has 168 valence electrons. The number of hydrogen-bond donors (Lipinski definition) is 1. The summed E-state index contributed by atoms with van der Waals surface area (Å²) in [4.78, 5) is 1.17. The summed E-state index contributed by atoms with van der Waals surface area (Å²) in [6.07, 6.45) is 11.7. The molecule has 0 fully saturated rings. The minimum Gasteiger partial charge on any atom is -0.390 e. The molecule has 0 radical (unpaired) electrons. The average Bonchev–Trinajstić information content (AvgIpc) is 2.72. The van der Waals surface area contributed by atoms with Crippen LogP contribution in [-0.2, 0) is 0 Å². The normalized spacial score (nSPS) is 13.8. The molecule has 4 nitrogen and oxygen atoms in total. The van der Waals surface area contributed by atoms with E-state index in [0.29, 0.717) is 11.6 Å². The minimum absolute atomic E-state index is 0.173. The molecule has 0 aliphatic heterocycles. The van der Waals surface area contributed by atoms with Crippen molar-refractivity contribution >= 4 is 24.2 Å². The van der Waals surface area contributed by atoms with Crippen LogP contribution in [0.2, 0.25) is 0 Å². The standard InChI is InChI=1S/C26H37N3OS/c1-8-16-27-29(24(20-30)19-22(4)14-15-26(5,6)7)28-17-9-18-31-25-12-10-23(11-13-25)21(2)3/h8-14,16-19,21,30H,1,15,20H2,2-7H3/b18-9+,22-14-,24-19+,27-16+,28-17+. The molecule has 1 N–H and O–H groups in total. The Kier molecular flexibility index (Phi) is 11.9. The van der Waals surface area contributed by atoms with E-state index in [4.69, 9.17) is 0 Å². The molecular formula is C26H37N3OS. The molecule has 5 heteroatoms. The fraction of sp³-hybridized carbons (Fsp3) is 0.385. The van der Waals surface area contributed by atoms with Crippen LogP contribution in [-0.4, -0.2) is 29.3 Å². The minimum atomic E-state index is -0.173. The molecule has 0 saturated carbocycles. The Hall–Kier alpha value is -2.37. The molecule has 0 bridgehead atoms. The second kappa shape index (κ2) is 13.8. The number of rotatable bonds is 11. The number of hydrazone groups is 2. The molecule has 0 aliphatic rings. The first-order chi connectivity index (χ1) is 14.7. The Morgan fingerprint density at radius 3 is 2.35 bits per heavy atom. The van der Waals surface area contributed by atoms with Gasteiger partial charge < -0.3 is 5.11 Å². The van der Waals surface area contributed by atoms with Gasteiger partial charge >= 0.3 is 0 Å². The van der Waals surface area contributed by atoms with Gasteiger partial charge in [-0.2, -0.15) is 15.3 Å². The third-order valence-electron chi connectivity index (χ3n) is 4.22. The van der Waals surface area contributed by atoms with Crippen LogP contribution in [0, 0.1) is 5.41 Å². The highest BCUT2D eigenvalue weighted by Crippen LogP contribution is 2.23. The summed E-state index contributed by atoms with van der Waals surface area (Å²) in [7, 11) is 0. The fourth-order valence-corrected chi connectivity index (χ4v) is 3.03. The van der Waals surface area contributed by atoms with Crippen LogP contribution in [0.5, 0.6) is 0 Å². The quantitative estimate of drug-likeness (QED) is 0.173. The van der Waals surface area contributed by atoms with Crippen LogP contribution >= 0.6 is 11.8 Å². The number of benzene rings is 1. The lowest BCUT2D eigenvalue weighted by Crippen LogP contribution is -2.13. The monoisotopic (exact) mass is 439 g/mol. The van der Waals surface area contributed by atoms with Crippen LogP contribution < -0.4 is 0 Å². The van der Waals surface area contributed by atoms with Crippen molar-refractivity contribution < 1.29 is 5.11 Å². The smallest absolute Gasteiger partial charge is 0.0887 e. The molecule has 0 aliphatic carbocycles. The number of aliphatic hydroxyl groups excluding tert-OH is 1. The first-order valence-corrected chi connectivity index (χ1v) is 11.4. The number of thioether (sulfide) groups is 1. The highest BCUT2D eigenvalue weighted by molar-refractivity contribution is 8.02. The van der Waals surface area contributed by atoms with Gasteiger partial charge in [-0.15, -0.1) is 0 Å². The lowest BCUT2D eigenvalue weighted by molar-refractivity contribution is 0.263. The summed E-state index contributed by atoms with van der Waals surface area (Å²) >= 11 is 1.63. The number of allylic oxidation sites excluding steroid dienone is 5. The number of aliphatic hydroxyl groups is 1. The first kappa shape index (κ1) is 26.7. The van der Waals surface area contributed by atoms with Gasteiger partial charge in [0.05, 0.1) is 18.5 Å². The predicted molar refractivity (Wildman–Crippen MR) is 138 cm³/mol. The summed E-state index contributed by atoms with van der Waals surface area (Å²) in [6, 6.07) is 8.58. The van der Waals surface area contributed by atoms with Crippen molar-refractivity contribution in [1.29, 1.82) is 0 Å². The molecule has 0 atom stereocenters. The molecule has 0 aromatic heterocycles. The number of nitrogens with zero attached hydrogens (tertiary/aromatic N) is 3. The van der Waals surface area contributed by atoms with Gasteiger partial charge in [-0.1, -0.05) is 76.7 Å². The van der Waals surface area contributed by atoms with Gasteiger partial charge in [0.15, 0.2) is 0 Å². The van der Waals surface area contributed by atoms with E-state index >= 15 is 0 Å². The molecule has 1 aromatic carbocycles. The van der Waals surface area contributed by atoms with Gasteiger partial charge in [-0.05, 0) is 66.0 Å². The van der Waals surface area contributed by atoms with E-state index in [-0.39, 0.29) is 12.0 Å².